The molecule has 2 saturated heterocycles. The minimum absolute atomic E-state index is 0.0340. The summed E-state index contributed by atoms with van der Waals surface area (Å²) in [5.41, 5.74) is 0.959. The molecule has 1 amide bonds. The Morgan fingerprint density at radius 2 is 2.09 bits per heavy atom. The van der Waals surface area contributed by atoms with E-state index in [4.69, 9.17) is 9.26 Å². The van der Waals surface area contributed by atoms with E-state index in [1.165, 1.54) is 0 Å². The van der Waals surface area contributed by atoms with Gasteiger partial charge in [-0.05, 0) is 31.4 Å². The first-order valence-electron chi connectivity index (χ1n) is 7.99. The topological polar surface area (TPSA) is 81.3 Å². The van der Waals surface area contributed by atoms with Crippen LogP contribution in [0.1, 0.15) is 41.5 Å². The molecule has 2 aromatic rings. The highest BCUT2D eigenvalue weighted by atomic mass is 16.5. The van der Waals surface area contributed by atoms with Crippen LogP contribution in [0.25, 0.3) is 11.6 Å². The van der Waals surface area contributed by atoms with Gasteiger partial charge in [0.05, 0.1) is 6.61 Å². The maximum atomic E-state index is 12.4. The van der Waals surface area contributed by atoms with Gasteiger partial charge in [0.1, 0.15) is 11.4 Å². The van der Waals surface area contributed by atoms with Gasteiger partial charge in [-0.2, -0.15) is 4.98 Å². The van der Waals surface area contributed by atoms with Gasteiger partial charge in [0, 0.05) is 25.6 Å². The molecule has 120 valence electrons. The number of carbonyl (C=O) groups excluding carboxylic acids is 1. The molecular weight excluding hydrogens is 296 g/mol. The molecule has 0 unspecified atom stereocenters. The second-order valence-electron chi connectivity index (χ2n) is 5.93. The van der Waals surface area contributed by atoms with Crippen molar-refractivity contribution >= 4 is 5.91 Å². The van der Waals surface area contributed by atoms with Crippen molar-refractivity contribution in [1.29, 1.82) is 0 Å². The summed E-state index contributed by atoms with van der Waals surface area (Å²) in [5, 5.41) is 4.03. The van der Waals surface area contributed by atoms with Crippen molar-refractivity contribution in [1.82, 2.24) is 20.0 Å². The smallest absolute Gasteiger partial charge is 0.276 e. The zero-order chi connectivity index (χ0) is 15.6. The summed E-state index contributed by atoms with van der Waals surface area (Å²) in [6.45, 7) is 2.96. The highest BCUT2D eigenvalue weighted by Gasteiger charge is 2.25. The predicted octanol–water partition coefficient (Wildman–Crippen LogP) is 1.87. The van der Waals surface area contributed by atoms with Gasteiger partial charge in [-0.3, -0.25) is 4.79 Å². The molecule has 2 aromatic heterocycles. The molecule has 1 atom stereocenters. The van der Waals surface area contributed by atoms with Gasteiger partial charge in [-0.1, -0.05) is 11.2 Å². The molecule has 4 rings (SSSR count). The predicted molar refractivity (Wildman–Crippen MR) is 80.8 cm³/mol. The van der Waals surface area contributed by atoms with Crippen LogP contribution in [0.5, 0.6) is 0 Å². The molecule has 0 N–H and O–H groups in total. The Labute approximate surface area is 133 Å². The summed E-state index contributed by atoms with van der Waals surface area (Å²) in [4.78, 5) is 23.1. The molecule has 23 heavy (non-hydrogen) atoms. The van der Waals surface area contributed by atoms with Gasteiger partial charge in [-0.15, -0.1) is 0 Å². The van der Waals surface area contributed by atoms with Crippen molar-refractivity contribution in [2.24, 2.45) is 0 Å². The van der Waals surface area contributed by atoms with Crippen LogP contribution in [0.2, 0.25) is 0 Å². The monoisotopic (exact) mass is 314 g/mol. The summed E-state index contributed by atoms with van der Waals surface area (Å²) in [5.74, 6) is 1.15. The first-order chi connectivity index (χ1) is 11.3. The van der Waals surface area contributed by atoms with E-state index in [1.54, 1.807) is 18.2 Å². The number of carbonyl (C=O) groups is 1. The van der Waals surface area contributed by atoms with Gasteiger partial charge in [-0.25, -0.2) is 4.98 Å². The van der Waals surface area contributed by atoms with Gasteiger partial charge in [0.2, 0.25) is 0 Å². The van der Waals surface area contributed by atoms with E-state index >= 15 is 0 Å². The number of nitrogens with zero attached hydrogens (tertiary/aromatic N) is 4. The van der Waals surface area contributed by atoms with Crippen LogP contribution in [0, 0.1) is 0 Å². The Bertz CT molecular complexity index is 703. The summed E-state index contributed by atoms with van der Waals surface area (Å²) >= 11 is 0. The fraction of sp³-hybridized carbons (Fsp3) is 0.500. The van der Waals surface area contributed by atoms with Crippen molar-refractivity contribution in [2.75, 3.05) is 26.3 Å². The highest BCUT2D eigenvalue weighted by molar-refractivity contribution is 5.92. The molecule has 7 nitrogen and oxygen atoms in total. The lowest BCUT2D eigenvalue weighted by atomic mass is 10.1. The van der Waals surface area contributed by atoms with Crippen molar-refractivity contribution in [3.63, 3.8) is 0 Å². The van der Waals surface area contributed by atoms with Gasteiger partial charge in [0.15, 0.2) is 5.82 Å². The summed E-state index contributed by atoms with van der Waals surface area (Å²) in [6, 6.07) is 5.31. The third-order valence-corrected chi connectivity index (χ3v) is 4.32. The van der Waals surface area contributed by atoms with Crippen LogP contribution in [-0.4, -0.2) is 52.2 Å². The largest absolute Gasteiger partial charge is 0.381 e. The number of likely N-dealkylation sites (tertiary alicyclic amines) is 1. The van der Waals surface area contributed by atoms with E-state index in [-0.39, 0.29) is 11.8 Å². The molecule has 0 aromatic carbocycles. The van der Waals surface area contributed by atoms with E-state index in [2.05, 4.69) is 15.1 Å². The lowest BCUT2D eigenvalue weighted by Crippen LogP contribution is -2.28. The fourth-order valence-corrected chi connectivity index (χ4v) is 3.00. The van der Waals surface area contributed by atoms with Crippen molar-refractivity contribution in [3.8, 4) is 11.6 Å². The number of amides is 1. The zero-order valence-electron chi connectivity index (χ0n) is 12.8. The SMILES string of the molecule is O=C(c1cccc(-c2nc([C@H]3CCOC3)no2)n1)N1CCCC1. The van der Waals surface area contributed by atoms with Gasteiger partial charge in [0.25, 0.3) is 11.8 Å². The van der Waals surface area contributed by atoms with Crippen molar-refractivity contribution in [3.05, 3.63) is 29.7 Å². The Morgan fingerprint density at radius 3 is 2.87 bits per heavy atom. The van der Waals surface area contributed by atoms with E-state index in [9.17, 15) is 4.79 Å². The van der Waals surface area contributed by atoms with Crippen LogP contribution in [0.3, 0.4) is 0 Å². The molecule has 2 fully saturated rings. The minimum atomic E-state index is -0.0340. The first-order valence-corrected chi connectivity index (χ1v) is 7.99. The third-order valence-electron chi connectivity index (χ3n) is 4.32. The average Bonchev–Trinajstić information content (AvgIpc) is 3.36. The molecule has 0 aliphatic carbocycles. The van der Waals surface area contributed by atoms with E-state index < -0.39 is 0 Å². The Balaban J connectivity index is 1.57. The zero-order valence-corrected chi connectivity index (χ0v) is 12.8. The lowest BCUT2D eigenvalue weighted by Gasteiger charge is -2.14. The molecule has 0 spiro atoms. The fourth-order valence-electron chi connectivity index (χ4n) is 3.00. The first kappa shape index (κ1) is 14.3. The third kappa shape index (κ3) is 2.84. The minimum Gasteiger partial charge on any atom is -0.381 e. The molecule has 4 heterocycles. The quantitative estimate of drug-likeness (QED) is 0.860. The van der Waals surface area contributed by atoms with E-state index in [0.717, 1.165) is 39.0 Å². The molecule has 2 aliphatic heterocycles. The van der Waals surface area contributed by atoms with Crippen LogP contribution >= 0.6 is 0 Å². The number of hydrogen-bond acceptors (Lipinski definition) is 6. The number of rotatable bonds is 3. The number of pyridine rings is 1. The van der Waals surface area contributed by atoms with Crippen LogP contribution < -0.4 is 0 Å². The van der Waals surface area contributed by atoms with Gasteiger partial charge >= 0.3 is 0 Å². The Morgan fingerprint density at radius 1 is 1.22 bits per heavy atom. The van der Waals surface area contributed by atoms with E-state index in [1.807, 2.05) is 4.90 Å². The summed E-state index contributed by atoms with van der Waals surface area (Å²) in [6.07, 6.45) is 3.02. The highest BCUT2D eigenvalue weighted by Crippen LogP contribution is 2.25. The van der Waals surface area contributed by atoms with E-state index in [0.29, 0.717) is 29.7 Å². The standard InChI is InChI=1S/C16H18N4O3/c21-16(20-7-1-2-8-20)13-5-3-4-12(17-13)15-18-14(19-23-15)11-6-9-22-10-11/h3-5,11H,1-2,6-10H2/t11-/m0/s1. The number of ether oxygens (including phenoxy) is 1. The normalized spacial score (nSPS) is 21.0. The Kier molecular flexibility index (Phi) is 3.78. The maximum Gasteiger partial charge on any atom is 0.276 e. The van der Waals surface area contributed by atoms with Crippen molar-refractivity contribution in [2.45, 2.75) is 25.2 Å². The second kappa shape index (κ2) is 6.08. The summed E-state index contributed by atoms with van der Waals surface area (Å²) < 4.78 is 10.7. The van der Waals surface area contributed by atoms with Crippen LogP contribution in [0.15, 0.2) is 22.7 Å². The Hall–Kier alpha value is -2.28. The van der Waals surface area contributed by atoms with Crippen molar-refractivity contribution < 1.29 is 14.1 Å². The summed E-state index contributed by atoms with van der Waals surface area (Å²) in [7, 11) is 0. The lowest BCUT2D eigenvalue weighted by molar-refractivity contribution is 0.0787. The van der Waals surface area contributed by atoms with Crippen LogP contribution in [0.4, 0.5) is 0 Å². The molecule has 2 aliphatic rings. The maximum absolute atomic E-state index is 12.4. The van der Waals surface area contributed by atoms with Crippen LogP contribution in [-0.2, 0) is 4.74 Å². The molecular formula is C16H18N4O3. The molecule has 0 radical (unpaired) electrons. The molecule has 7 heteroatoms. The van der Waals surface area contributed by atoms with Gasteiger partial charge < -0.3 is 14.2 Å². The number of aromatic nitrogens is 3. The average molecular weight is 314 g/mol. The molecule has 0 saturated carbocycles. The molecule has 0 bridgehead atoms. The second-order valence-corrected chi connectivity index (χ2v) is 5.93. The number of hydrogen-bond donors (Lipinski definition) is 0.